The van der Waals surface area contributed by atoms with E-state index in [1.807, 2.05) is 18.2 Å². The molecule has 3 nitrogen and oxygen atoms in total. The number of carboxylic acid groups (broad SMARTS) is 1. The first-order chi connectivity index (χ1) is 13.2. The highest BCUT2D eigenvalue weighted by Gasteiger charge is 2.11. The summed E-state index contributed by atoms with van der Waals surface area (Å²) in [5.74, 6) is -0.555. The summed E-state index contributed by atoms with van der Waals surface area (Å²) in [6.07, 6.45) is 3.82. The SMILES string of the molecule is COc1cc(CCc2cccc(CCc3ccccc3)c2)ccc1C(=O)O. The van der Waals surface area contributed by atoms with E-state index in [2.05, 4.69) is 48.5 Å². The van der Waals surface area contributed by atoms with Gasteiger partial charge in [0.1, 0.15) is 11.3 Å². The topological polar surface area (TPSA) is 46.5 Å². The molecule has 0 spiro atoms. The summed E-state index contributed by atoms with van der Waals surface area (Å²) in [6.45, 7) is 0. The minimum atomic E-state index is -0.968. The summed E-state index contributed by atoms with van der Waals surface area (Å²) in [6, 6.07) is 24.5. The number of hydrogen-bond donors (Lipinski definition) is 1. The quantitative estimate of drug-likeness (QED) is 0.617. The fraction of sp³-hybridized carbons (Fsp3) is 0.208. The Morgan fingerprint density at radius 2 is 1.30 bits per heavy atom. The molecule has 0 bridgehead atoms. The lowest BCUT2D eigenvalue weighted by Gasteiger charge is -2.09. The van der Waals surface area contributed by atoms with Crippen LogP contribution in [-0.4, -0.2) is 18.2 Å². The normalized spacial score (nSPS) is 10.6. The molecule has 0 radical (unpaired) electrons. The van der Waals surface area contributed by atoms with Crippen LogP contribution in [0.1, 0.15) is 32.6 Å². The first-order valence-corrected chi connectivity index (χ1v) is 9.17. The second kappa shape index (κ2) is 9.04. The lowest BCUT2D eigenvalue weighted by Crippen LogP contribution is -2.02. The zero-order chi connectivity index (χ0) is 19.1. The molecule has 0 aliphatic carbocycles. The molecule has 0 fully saturated rings. The van der Waals surface area contributed by atoms with Crippen molar-refractivity contribution in [2.75, 3.05) is 7.11 Å². The maximum Gasteiger partial charge on any atom is 0.339 e. The van der Waals surface area contributed by atoms with Gasteiger partial charge < -0.3 is 9.84 Å². The molecule has 0 heterocycles. The smallest absolute Gasteiger partial charge is 0.339 e. The zero-order valence-electron chi connectivity index (χ0n) is 15.5. The van der Waals surface area contributed by atoms with E-state index in [4.69, 9.17) is 4.74 Å². The summed E-state index contributed by atoms with van der Waals surface area (Å²) < 4.78 is 5.21. The van der Waals surface area contributed by atoms with Crippen LogP contribution in [-0.2, 0) is 25.7 Å². The molecule has 0 atom stereocenters. The third kappa shape index (κ3) is 5.20. The number of hydrogen-bond acceptors (Lipinski definition) is 2. The maximum atomic E-state index is 11.2. The van der Waals surface area contributed by atoms with Crippen molar-refractivity contribution in [2.24, 2.45) is 0 Å². The monoisotopic (exact) mass is 360 g/mol. The largest absolute Gasteiger partial charge is 0.496 e. The molecule has 3 aromatic carbocycles. The van der Waals surface area contributed by atoms with Crippen molar-refractivity contribution in [2.45, 2.75) is 25.7 Å². The standard InChI is InChI=1S/C24H24O3/c1-27-23-17-21(14-15-22(23)24(25)26)13-12-20-9-5-8-19(16-20)11-10-18-6-3-2-4-7-18/h2-9,14-17H,10-13H2,1H3,(H,25,26). The van der Waals surface area contributed by atoms with E-state index in [1.165, 1.54) is 23.8 Å². The number of carbonyl (C=O) groups is 1. The fourth-order valence-corrected chi connectivity index (χ4v) is 3.23. The number of ether oxygens (including phenoxy) is 1. The number of rotatable bonds is 8. The van der Waals surface area contributed by atoms with Gasteiger partial charge in [-0.05, 0) is 60.1 Å². The van der Waals surface area contributed by atoms with Crippen LogP contribution in [0, 0.1) is 0 Å². The van der Waals surface area contributed by atoms with Gasteiger partial charge in [0.2, 0.25) is 0 Å². The van der Waals surface area contributed by atoms with Crippen molar-refractivity contribution in [1.29, 1.82) is 0 Å². The van der Waals surface area contributed by atoms with E-state index in [0.717, 1.165) is 31.2 Å². The highest BCUT2D eigenvalue weighted by atomic mass is 16.5. The van der Waals surface area contributed by atoms with Gasteiger partial charge in [-0.3, -0.25) is 0 Å². The minimum absolute atomic E-state index is 0.198. The van der Waals surface area contributed by atoms with Gasteiger partial charge in [0.15, 0.2) is 0 Å². The van der Waals surface area contributed by atoms with Crippen LogP contribution in [0.3, 0.4) is 0 Å². The van der Waals surface area contributed by atoms with Crippen LogP contribution in [0.2, 0.25) is 0 Å². The third-order valence-electron chi connectivity index (χ3n) is 4.74. The van der Waals surface area contributed by atoms with E-state index >= 15 is 0 Å². The maximum absolute atomic E-state index is 11.2. The Labute approximate surface area is 160 Å². The predicted molar refractivity (Wildman–Crippen MR) is 108 cm³/mol. The molecular weight excluding hydrogens is 336 g/mol. The van der Waals surface area contributed by atoms with E-state index in [0.29, 0.717) is 5.75 Å². The molecule has 3 aromatic rings. The molecule has 0 aliphatic rings. The van der Waals surface area contributed by atoms with Crippen molar-refractivity contribution < 1.29 is 14.6 Å². The summed E-state index contributed by atoms with van der Waals surface area (Å²) in [5.41, 5.74) is 5.27. The molecule has 0 aliphatic heterocycles. The molecule has 138 valence electrons. The highest BCUT2D eigenvalue weighted by Crippen LogP contribution is 2.21. The zero-order valence-corrected chi connectivity index (χ0v) is 15.5. The first kappa shape index (κ1) is 18.7. The Hall–Kier alpha value is -3.07. The van der Waals surface area contributed by atoms with E-state index in [9.17, 15) is 9.90 Å². The van der Waals surface area contributed by atoms with Crippen molar-refractivity contribution in [1.82, 2.24) is 0 Å². The van der Waals surface area contributed by atoms with Gasteiger partial charge in [0, 0.05) is 0 Å². The summed E-state index contributed by atoms with van der Waals surface area (Å²) in [4.78, 5) is 11.2. The highest BCUT2D eigenvalue weighted by molar-refractivity contribution is 5.90. The summed E-state index contributed by atoms with van der Waals surface area (Å²) >= 11 is 0. The van der Waals surface area contributed by atoms with Crippen molar-refractivity contribution >= 4 is 5.97 Å². The molecule has 0 amide bonds. The van der Waals surface area contributed by atoms with Gasteiger partial charge in [0.25, 0.3) is 0 Å². The first-order valence-electron chi connectivity index (χ1n) is 9.17. The van der Waals surface area contributed by atoms with Crippen LogP contribution in [0.5, 0.6) is 5.75 Å². The van der Waals surface area contributed by atoms with Crippen LogP contribution < -0.4 is 4.74 Å². The third-order valence-corrected chi connectivity index (χ3v) is 4.74. The van der Waals surface area contributed by atoms with Crippen LogP contribution >= 0.6 is 0 Å². The fourth-order valence-electron chi connectivity index (χ4n) is 3.23. The summed E-state index contributed by atoms with van der Waals surface area (Å²) in [5, 5.41) is 9.18. The van der Waals surface area contributed by atoms with Crippen molar-refractivity contribution in [3.05, 3.63) is 101 Å². The Kier molecular flexibility index (Phi) is 6.26. The molecule has 3 heteroatoms. The van der Waals surface area contributed by atoms with Crippen LogP contribution in [0.15, 0.2) is 72.8 Å². The minimum Gasteiger partial charge on any atom is -0.496 e. The molecular formula is C24H24O3. The second-order valence-electron chi connectivity index (χ2n) is 6.65. The van der Waals surface area contributed by atoms with E-state index < -0.39 is 5.97 Å². The van der Waals surface area contributed by atoms with Crippen molar-refractivity contribution in [3.63, 3.8) is 0 Å². The lowest BCUT2D eigenvalue weighted by atomic mass is 9.99. The predicted octanol–water partition coefficient (Wildman–Crippen LogP) is 4.96. The Morgan fingerprint density at radius 3 is 1.89 bits per heavy atom. The molecule has 27 heavy (non-hydrogen) atoms. The Morgan fingerprint density at radius 1 is 0.741 bits per heavy atom. The number of carboxylic acids is 1. The number of benzene rings is 3. The lowest BCUT2D eigenvalue weighted by molar-refractivity contribution is 0.0693. The molecule has 1 N–H and O–H groups in total. The van der Waals surface area contributed by atoms with Gasteiger partial charge in [-0.2, -0.15) is 0 Å². The number of aryl methyl sites for hydroxylation is 4. The number of aromatic carboxylic acids is 1. The van der Waals surface area contributed by atoms with Gasteiger partial charge in [0.05, 0.1) is 7.11 Å². The Bertz CT molecular complexity index is 901. The van der Waals surface area contributed by atoms with Gasteiger partial charge in [-0.25, -0.2) is 4.79 Å². The van der Waals surface area contributed by atoms with Gasteiger partial charge in [-0.15, -0.1) is 0 Å². The van der Waals surface area contributed by atoms with Crippen LogP contribution in [0.25, 0.3) is 0 Å². The van der Waals surface area contributed by atoms with Gasteiger partial charge >= 0.3 is 5.97 Å². The molecule has 3 rings (SSSR count). The average molecular weight is 360 g/mol. The molecule has 0 saturated heterocycles. The molecule has 0 aromatic heterocycles. The number of methoxy groups -OCH3 is 1. The average Bonchev–Trinajstić information content (AvgIpc) is 2.71. The van der Waals surface area contributed by atoms with Crippen molar-refractivity contribution in [3.8, 4) is 5.75 Å². The summed E-state index contributed by atoms with van der Waals surface area (Å²) in [7, 11) is 1.50. The molecule has 0 unspecified atom stereocenters. The van der Waals surface area contributed by atoms with E-state index in [1.54, 1.807) is 6.07 Å². The molecule has 0 saturated carbocycles. The second-order valence-corrected chi connectivity index (χ2v) is 6.65. The van der Waals surface area contributed by atoms with E-state index in [-0.39, 0.29) is 5.56 Å². The van der Waals surface area contributed by atoms with Gasteiger partial charge in [-0.1, -0.05) is 60.7 Å². The van der Waals surface area contributed by atoms with Crippen LogP contribution in [0.4, 0.5) is 0 Å². The Balaban J connectivity index is 1.62.